The van der Waals surface area contributed by atoms with Crippen LogP contribution in [-0.4, -0.2) is 46.1 Å². The number of anilines is 1. The highest BCUT2D eigenvalue weighted by atomic mass is 16.6. The minimum Gasteiger partial charge on any atom is -0.443 e. The number of rotatable bonds is 5. The van der Waals surface area contributed by atoms with Crippen LogP contribution in [0.2, 0.25) is 0 Å². The molecule has 2 aliphatic heterocycles. The largest absolute Gasteiger partial charge is 0.443 e. The molecule has 2 aliphatic rings. The number of likely N-dealkylation sites (tertiary alicyclic amines) is 1. The Bertz CT molecular complexity index is 1740. The van der Waals surface area contributed by atoms with Crippen LogP contribution in [0.15, 0.2) is 60.7 Å². The van der Waals surface area contributed by atoms with E-state index in [0.29, 0.717) is 29.1 Å². The van der Waals surface area contributed by atoms with Crippen molar-refractivity contribution in [3.05, 3.63) is 77.4 Å². The van der Waals surface area contributed by atoms with E-state index in [1.165, 1.54) is 31.7 Å². The van der Waals surface area contributed by atoms with Crippen molar-refractivity contribution < 1.29 is 19.1 Å². The second-order valence-corrected chi connectivity index (χ2v) is 12.6. The molecule has 1 saturated heterocycles. The van der Waals surface area contributed by atoms with Crippen molar-refractivity contribution in [2.75, 3.05) is 18.4 Å². The molecule has 8 heteroatoms. The first kappa shape index (κ1) is 28.7. The van der Waals surface area contributed by atoms with E-state index in [1.54, 1.807) is 4.57 Å². The van der Waals surface area contributed by atoms with Gasteiger partial charge in [-0.25, -0.2) is 9.36 Å². The molecule has 2 amide bonds. The number of benzene rings is 3. The van der Waals surface area contributed by atoms with Crippen molar-refractivity contribution in [3.63, 3.8) is 0 Å². The topological polar surface area (TPSA) is 92.7 Å². The van der Waals surface area contributed by atoms with Gasteiger partial charge >= 0.3 is 6.09 Å². The first-order chi connectivity index (χ1) is 20.6. The quantitative estimate of drug-likeness (QED) is 0.268. The summed E-state index contributed by atoms with van der Waals surface area (Å²) in [4.78, 5) is 41.2. The maximum Gasteiger partial charge on any atom is 0.419 e. The summed E-state index contributed by atoms with van der Waals surface area (Å²) < 4.78 is 7.49. The highest BCUT2D eigenvalue weighted by Crippen LogP contribution is 2.38. The van der Waals surface area contributed by atoms with E-state index < -0.39 is 11.7 Å². The lowest BCUT2D eigenvalue weighted by molar-refractivity contribution is -0.114. The van der Waals surface area contributed by atoms with E-state index in [9.17, 15) is 14.4 Å². The lowest BCUT2D eigenvalue weighted by atomic mass is 9.93. The average molecular weight is 579 g/mol. The summed E-state index contributed by atoms with van der Waals surface area (Å²) in [5, 5.41) is 6.72. The van der Waals surface area contributed by atoms with Gasteiger partial charge in [0.25, 0.3) is 5.91 Å². The number of hydrogen-bond donors (Lipinski definition) is 2. The van der Waals surface area contributed by atoms with Crippen molar-refractivity contribution in [1.29, 1.82) is 0 Å². The number of aromatic nitrogens is 1. The number of hydrogen-bond acceptors (Lipinski definition) is 5. The van der Waals surface area contributed by atoms with Crippen LogP contribution in [0.25, 0.3) is 33.3 Å². The number of carbonyl (C=O) groups excluding carboxylic acids is 3. The zero-order chi connectivity index (χ0) is 30.3. The van der Waals surface area contributed by atoms with Crippen molar-refractivity contribution in [2.24, 2.45) is 0 Å². The molecule has 0 atom stereocenters. The predicted molar refractivity (Wildman–Crippen MR) is 169 cm³/mol. The van der Waals surface area contributed by atoms with Crippen molar-refractivity contribution in [3.8, 4) is 22.4 Å². The Balaban J connectivity index is 1.52. The van der Waals surface area contributed by atoms with Crippen LogP contribution in [0.5, 0.6) is 0 Å². The van der Waals surface area contributed by atoms with Gasteiger partial charge in [-0.15, -0.1) is 0 Å². The van der Waals surface area contributed by atoms with Gasteiger partial charge in [-0.2, -0.15) is 0 Å². The number of amides is 2. The number of nitrogens with zero attached hydrogens (tertiary/aromatic N) is 2. The summed E-state index contributed by atoms with van der Waals surface area (Å²) in [6, 6.07) is 19.8. The van der Waals surface area contributed by atoms with Gasteiger partial charge in [-0.3, -0.25) is 14.5 Å². The molecule has 4 aromatic rings. The Kier molecular flexibility index (Phi) is 7.56. The van der Waals surface area contributed by atoms with Crippen molar-refractivity contribution in [1.82, 2.24) is 14.8 Å². The molecule has 3 aromatic carbocycles. The normalized spacial score (nSPS) is 15.3. The smallest absolute Gasteiger partial charge is 0.419 e. The third kappa shape index (κ3) is 6.06. The molecule has 0 saturated carbocycles. The van der Waals surface area contributed by atoms with Gasteiger partial charge in [-0.1, -0.05) is 24.6 Å². The van der Waals surface area contributed by atoms with Gasteiger partial charge in [0.2, 0.25) is 5.91 Å². The van der Waals surface area contributed by atoms with E-state index >= 15 is 0 Å². The fraction of sp³-hybridized carbons (Fsp3) is 0.343. The Morgan fingerprint density at radius 3 is 2.49 bits per heavy atom. The summed E-state index contributed by atoms with van der Waals surface area (Å²) >= 11 is 0. The molecule has 3 heterocycles. The molecule has 222 valence electrons. The summed E-state index contributed by atoms with van der Waals surface area (Å²) in [7, 11) is 0. The second-order valence-electron chi connectivity index (χ2n) is 12.6. The Labute approximate surface area is 252 Å². The van der Waals surface area contributed by atoms with Crippen LogP contribution in [0.3, 0.4) is 0 Å². The molecule has 0 spiro atoms. The van der Waals surface area contributed by atoms with Crippen LogP contribution >= 0.6 is 0 Å². The fourth-order valence-corrected chi connectivity index (χ4v) is 6.16. The summed E-state index contributed by atoms with van der Waals surface area (Å²) in [6.07, 6.45) is 3.23. The van der Waals surface area contributed by atoms with Crippen LogP contribution in [0, 0.1) is 0 Å². The lowest BCUT2D eigenvalue weighted by Crippen LogP contribution is -2.29. The van der Waals surface area contributed by atoms with Gasteiger partial charge in [-0.05, 0) is 111 Å². The molecular formula is C35H38N4O4. The van der Waals surface area contributed by atoms with Gasteiger partial charge in [0, 0.05) is 36.7 Å². The van der Waals surface area contributed by atoms with E-state index in [2.05, 4.69) is 27.7 Å². The first-order valence-electron chi connectivity index (χ1n) is 15.0. The number of nitrogens with one attached hydrogen (secondary N) is 2. The highest BCUT2D eigenvalue weighted by Gasteiger charge is 2.29. The van der Waals surface area contributed by atoms with E-state index in [-0.39, 0.29) is 11.8 Å². The van der Waals surface area contributed by atoms with Gasteiger partial charge in [0.15, 0.2) is 0 Å². The minimum atomic E-state index is -0.704. The molecular weight excluding hydrogens is 540 g/mol. The van der Waals surface area contributed by atoms with Crippen LogP contribution in [0.1, 0.15) is 68.4 Å². The number of ether oxygens (including phenoxy) is 1. The molecule has 1 aromatic heterocycles. The Morgan fingerprint density at radius 1 is 0.953 bits per heavy atom. The Morgan fingerprint density at radius 2 is 1.74 bits per heavy atom. The molecule has 43 heavy (non-hydrogen) atoms. The molecule has 8 nitrogen and oxygen atoms in total. The summed E-state index contributed by atoms with van der Waals surface area (Å²) in [6.45, 7) is 10.5. The summed E-state index contributed by atoms with van der Waals surface area (Å²) in [5.41, 5.74) is 6.35. The lowest BCUT2D eigenvalue weighted by Gasteiger charge is -2.26. The van der Waals surface area contributed by atoms with E-state index in [4.69, 9.17) is 4.74 Å². The van der Waals surface area contributed by atoms with E-state index in [1.807, 2.05) is 69.3 Å². The van der Waals surface area contributed by atoms with Gasteiger partial charge in [0.1, 0.15) is 5.60 Å². The second kappa shape index (κ2) is 11.3. The molecule has 6 rings (SSSR count). The van der Waals surface area contributed by atoms with Crippen molar-refractivity contribution >= 4 is 34.5 Å². The number of carbonyl (C=O) groups is 3. The third-order valence-electron chi connectivity index (χ3n) is 7.98. The van der Waals surface area contributed by atoms with Gasteiger partial charge < -0.3 is 15.4 Å². The predicted octanol–water partition coefficient (Wildman–Crippen LogP) is 6.95. The molecule has 2 N–H and O–H groups in total. The SMILES string of the molecule is CC(=O)Nc1cccc(-c2cc3c(c(-c4cc5cc(CN6CCCCC6)ccc5n4C(=O)OC(C)(C)C)c2)C(=O)NC3)c1. The summed E-state index contributed by atoms with van der Waals surface area (Å²) in [5.74, 6) is -0.321. The maximum atomic E-state index is 13.8. The zero-order valence-corrected chi connectivity index (χ0v) is 25.3. The number of piperidine rings is 1. The van der Waals surface area contributed by atoms with Crippen LogP contribution in [-0.2, 0) is 22.6 Å². The number of fused-ring (bicyclic) bond motifs is 2. The zero-order valence-electron chi connectivity index (χ0n) is 25.3. The van der Waals surface area contributed by atoms with Gasteiger partial charge in [0.05, 0.1) is 16.8 Å². The molecule has 0 radical (unpaired) electrons. The van der Waals surface area contributed by atoms with Crippen LogP contribution < -0.4 is 10.6 Å². The monoisotopic (exact) mass is 578 g/mol. The van der Waals surface area contributed by atoms with Crippen LogP contribution in [0.4, 0.5) is 10.5 Å². The van der Waals surface area contributed by atoms with Crippen molar-refractivity contribution in [2.45, 2.75) is 65.6 Å². The Hall–Kier alpha value is -4.43. The minimum absolute atomic E-state index is 0.150. The average Bonchev–Trinajstić information content (AvgIpc) is 3.52. The highest BCUT2D eigenvalue weighted by molar-refractivity contribution is 6.08. The fourth-order valence-electron chi connectivity index (χ4n) is 6.16. The third-order valence-corrected chi connectivity index (χ3v) is 7.98. The molecule has 0 aliphatic carbocycles. The molecule has 1 fully saturated rings. The maximum absolute atomic E-state index is 13.8. The van der Waals surface area contributed by atoms with E-state index in [0.717, 1.165) is 47.2 Å². The first-order valence-corrected chi connectivity index (χ1v) is 15.0. The standard InChI is InChI=1S/C35H38N4O4/c1-22(40)37-28-10-8-9-24(17-28)25-16-27-20-36-33(41)32(27)29(18-25)31-19-26-15-23(21-38-13-6-5-7-14-38)11-12-30(26)39(31)34(42)43-35(2,3)4/h8-12,15-19H,5-7,13-14,20-21H2,1-4H3,(H,36,41)(H,37,40). The molecule has 0 unspecified atom stereocenters. The molecule has 0 bridgehead atoms.